The van der Waals surface area contributed by atoms with Gasteiger partial charge in [0.15, 0.2) is 5.82 Å². The van der Waals surface area contributed by atoms with Crippen molar-refractivity contribution in [3.63, 3.8) is 0 Å². The number of rotatable bonds is 3. The maximum absolute atomic E-state index is 13.8. The molecule has 18 heavy (non-hydrogen) atoms. The van der Waals surface area contributed by atoms with Crippen LogP contribution < -0.4 is 11.1 Å². The fourth-order valence-corrected chi connectivity index (χ4v) is 1.36. The van der Waals surface area contributed by atoms with Crippen LogP contribution in [0.2, 0.25) is 0 Å². The van der Waals surface area contributed by atoms with Gasteiger partial charge >= 0.3 is 0 Å². The molecule has 0 fully saturated rings. The molecule has 0 aliphatic heterocycles. The summed E-state index contributed by atoms with van der Waals surface area (Å²) in [6, 6.07) is 3.63. The summed E-state index contributed by atoms with van der Waals surface area (Å²) in [6.07, 6.45) is 2.70. The van der Waals surface area contributed by atoms with E-state index in [1.165, 1.54) is 29.5 Å². The number of nitrogens with two attached hydrogens (primary N) is 1. The van der Waals surface area contributed by atoms with E-state index in [1.807, 2.05) is 0 Å². The quantitative estimate of drug-likeness (QED) is 0.838. The van der Waals surface area contributed by atoms with Crippen LogP contribution >= 0.6 is 0 Å². The zero-order chi connectivity index (χ0) is 13.1. The summed E-state index contributed by atoms with van der Waals surface area (Å²) < 4.78 is 15.1. The van der Waals surface area contributed by atoms with Gasteiger partial charge in [0.1, 0.15) is 18.3 Å². The molecule has 0 radical (unpaired) electrons. The van der Waals surface area contributed by atoms with Crippen molar-refractivity contribution in [3.05, 3.63) is 36.7 Å². The third-order valence-electron chi connectivity index (χ3n) is 2.29. The van der Waals surface area contributed by atoms with Crippen molar-refractivity contribution in [3.8, 4) is 5.69 Å². The van der Waals surface area contributed by atoms with Gasteiger partial charge in [0.2, 0.25) is 5.91 Å². The van der Waals surface area contributed by atoms with E-state index in [1.54, 1.807) is 13.0 Å². The van der Waals surface area contributed by atoms with Crippen molar-refractivity contribution in [2.24, 2.45) is 5.73 Å². The molecule has 0 saturated heterocycles. The van der Waals surface area contributed by atoms with Gasteiger partial charge < -0.3 is 11.1 Å². The van der Waals surface area contributed by atoms with Crippen LogP contribution in [0.1, 0.15) is 6.92 Å². The van der Waals surface area contributed by atoms with Crippen LogP contribution in [-0.4, -0.2) is 26.7 Å². The van der Waals surface area contributed by atoms with Crippen molar-refractivity contribution in [2.45, 2.75) is 13.0 Å². The molecule has 0 spiro atoms. The molecule has 0 aliphatic rings. The normalized spacial score (nSPS) is 12.2. The lowest BCUT2D eigenvalue weighted by molar-refractivity contribution is -0.117. The second kappa shape index (κ2) is 4.92. The first-order valence-electron chi connectivity index (χ1n) is 5.29. The zero-order valence-corrected chi connectivity index (χ0v) is 9.67. The lowest BCUT2D eigenvalue weighted by atomic mass is 10.2. The first-order valence-corrected chi connectivity index (χ1v) is 5.29. The van der Waals surface area contributed by atoms with E-state index in [9.17, 15) is 9.18 Å². The molecule has 3 N–H and O–H groups in total. The summed E-state index contributed by atoms with van der Waals surface area (Å²) in [5.41, 5.74) is 6.00. The molecule has 0 unspecified atom stereocenters. The van der Waals surface area contributed by atoms with Crippen LogP contribution in [0.15, 0.2) is 30.9 Å². The highest BCUT2D eigenvalue weighted by Crippen LogP contribution is 2.17. The molecule has 94 valence electrons. The molecule has 1 heterocycles. The van der Waals surface area contributed by atoms with E-state index in [0.717, 1.165) is 0 Å². The number of hydrogen-bond donors (Lipinski definition) is 2. The van der Waals surface area contributed by atoms with E-state index < -0.39 is 11.9 Å². The monoisotopic (exact) mass is 249 g/mol. The number of carbonyl (C=O) groups is 1. The van der Waals surface area contributed by atoms with Crippen LogP contribution in [0.3, 0.4) is 0 Å². The average molecular weight is 249 g/mol. The molecule has 2 aromatic rings. The van der Waals surface area contributed by atoms with Gasteiger partial charge in [0.05, 0.1) is 6.04 Å². The van der Waals surface area contributed by atoms with E-state index >= 15 is 0 Å². The lowest BCUT2D eigenvalue weighted by Crippen LogP contribution is -2.32. The Balaban J connectivity index is 2.23. The van der Waals surface area contributed by atoms with Gasteiger partial charge in [0.25, 0.3) is 0 Å². The highest BCUT2D eigenvalue weighted by molar-refractivity contribution is 5.94. The number of carbonyl (C=O) groups excluding carboxylic acids is 1. The smallest absolute Gasteiger partial charge is 0.241 e. The maximum atomic E-state index is 13.8. The largest absolute Gasteiger partial charge is 0.325 e. The standard InChI is InChI=1S/C11H12FN5O/c1-7(13)11(18)16-8-2-3-10(9(12)4-8)17-6-14-5-15-17/h2-7H,13H2,1H3,(H,16,18)/t7-/m0/s1. The third kappa shape index (κ3) is 2.51. The van der Waals surface area contributed by atoms with Crippen molar-refractivity contribution < 1.29 is 9.18 Å². The number of benzene rings is 1. The minimum atomic E-state index is -0.650. The summed E-state index contributed by atoms with van der Waals surface area (Å²) >= 11 is 0. The first-order chi connectivity index (χ1) is 8.58. The van der Waals surface area contributed by atoms with E-state index in [2.05, 4.69) is 15.4 Å². The molecule has 1 amide bonds. The topological polar surface area (TPSA) is 85.8 Å². The molecule has 1 aromatic carbocycles. The van der Waals surface area contributed by atoms with Gasteiger partial charge in [-0.05, 0) is 25.1 Å². The van der Waals surface area contributed by atoms with E-state index in [0.29, 0.717) is 5.69 Å². The molecule has 7 heteroatoms. The molecule has 0 aliphatic carbocycles. The number of nitrogens with one attached hydrogen (secondary N) is 1. The Morgan fingerprint density at radius 1 is 1.56 bits per heavy atom. The minimum Gasteiger partial charge on any atom is -0.325 e. The Labute approximate surface area is 103 Å². The Morgan fingerprint density at radius 3 is 2.89 bits per heavy atom. The zero-order valence-electron chi connectivity index (χ0n) is 9.67. The van der Waals surface area contributed by atoms with Crippen LogP contribution in [0.5, 0.6) is 0 Å². The van der Waals surface area contributed by atoms with Gasteiger partial charge in [-0.1, -0.05) is 0 Å². The number of amides is 1. The van der Waals surface area contributed by atoms with Gasteiger partial charge in [-0.25, -0.2) is 14.1 Å². The van der Waals surface area contributed by atoms with Crippen LogP contribution in [0, 0.1) is 5.82 Å². The summed E-state index contributed by atoms with van der Waals surface area (Å²) in [5, 5.41) is 6.33. The molecule has 1 aromatic heterocycles. The predicted molar refractivity (Wildman–Crippen MR) is 63.6 cm³/mol. The number of hydrogen-bond acceptors (Lipinski definition) is 4. The molecule has 6 nitrogen and oxygen atoms in total. The van der Waals surface area contributed by atoms with Crippen LogP contribution in [0.25, 0.3) is 5.69 Å². The second-order valence-electron chi connectivity index (χ2n) is 3.78. The van der Waals surface area contributed by atoms with E-state index in [4.69, 9.17) is 5.73 Å². The molecule has 2 rings (SSSR count). The summed E-state index contributed by atoms with van der Waals surface area (Å²) in [4.78, 5) is 15.1. The highest BCUT2D eigenvalue weighted by atomic mass is 19.1. The molecule has 0 saturated carbocycles. The van der Waals surface area contributed by atoms with Crippen molar-refractivity contribution in [1.82, 2.24) is 14.8 Å². The highest BCUT2D eigenvalue weighted by Gasteiger charge is 2.10. The number of anilines is 1. The first kappa shape index (κ1) is 12.2. The van der Waals surface area contributed by atoms with Gasteiger partial charge in [-0.3, -0.25) is 4.79 Å². The Kier molecular flexibility index (Phi) is 3.33. The van der Waals surface area contributed by atoms with Gasteiger partial charge in [-0.2, -0.15) is 5.10 Å². The molecule has 1 atom stereocenters. The summed E-state index contributed by atoms with van der Waals surface area (Å²) in [5.74, 6) is -0.883. The second-order valence-corrected chi connectivity index (χ2v) is 3.78. The SMILES string of the molecule is C[C@H](N)C(=O)Nc1ccc(-n2cncn2)c(F)c1. The fourth-order valence-electron chi connectivity index (χ4n) is 1.36. The number of aromatic nitrogens is 3. The molecular formula is C11H12FN5O. The molecular weight excluding hydrogens is 237 g/mol. The van der Waals surface area contributed by atoms with Crippen molar-refractivity contribution in [2.75, 3.05) is 5.32 Å². The minimum absolute atomic E-state index is 0.256. The Morgan fingerprint density at radius 2 is 2.33 bits per heavy atom. The predicted octanol–water partition coefficient (Wildman–Crippen LogP) is 0.692. The van der Waals surface area contributed by atoms with Crippen LogP contribution in [0.4, 0.5) is 10.1 Å². The van der Waals surface area contributed by atoms with Crippen molar-refractivity contribution in [1.29, 1.82) is 0 Å². The van der Waals surface area contributed by atoms with Gasteiger partial charge in [0, 0.05) is 5.69 Å². The average Bonchev–Trinajstić information content (AvgIpc) is 2.82. The van der Waals surface area contributed by atoms with Gasteiger partial charge in [-0.15, -0.1) is 0 Å². The Hall–Kier alpha value is -2.28. The fraction of sp³-hybridized carbons (Fsp3) is 0.182. The summed E-state index contributed by atoms with van der Waals surface area (Å²) in [6.45, 7) is 1.55. The van der Waals surface area contributed by atoms with Crippen molar-refractivity contribution >= 4 is 11.6 Å². The Bertz CT molecular complexity index is 553. The maximum Gasteiger partial charge on any atom is 0.241 e. The van der Waals surface area contributed by atoms with E-state index in [-0.39, 0.29) is 11.6 Å². The lowest BCUT2D eigenvalue weighted by Gasteiger charge is -2.09. The summed E-state index contributed by atoms with van der Waals surface area (Å²) in [7, 11) is 0. The third-order valence-corrected chi connectivity index (χ3v) is 2.29. The molecule has 0 bridgehead atoms. The number of halogens is 1. The van der Waals surface area contributed by atoms with Crippen LogP contribution in [-0.2, 0) is 4.79 Å². The number of nitrogens with zero attached hydrogens (tertiary/aromatic N) is 3.